The van der Waals surface area contributed by atoms with E-state index in [9.17, 15) is 17.6 Å². The van der Waals surface area contributed by atoms with Crippen LogP contribution in [-0.4, -0.2) is 33.2 Å². The first-order valence-corrected chi connectivity index (χ1v) is 12.1. The zero-order valence-electron chi connectivity index (χ0n) is 18.1. The van der Waals surface area contributed by atoms with Crippen molar-refractivity contribution in [3.63, 3.8) is 0 Å². The molecule has 7 heteroatoms. The molecule has 0 spiro atoms. The summed E-state index contributed by atoms with van der Waals surface area (Å²) in [5, 5.41) is 2.81. The smallest absolute Gasteiger partial charge is 0.243 e. The van der Waals surface area contributed by atoms with E-state index in [1.54, 1.807) is 13.0 Å². The number of nitrogens with zero attached hydrogens (tertiary/aromatic N) is 1. The Morgan fingerprint density at radius 2 is 1.73 bits per heavy atom. The third-order valence-electron chi connectivity index (χ3n) is 5.01. The Labute approximate surface area is 179 Å². The zero-order valence-corrected chi connectivity index (χ0v) is 18.9. The molecule has 0 aliphatic rings. The van der Waals surface area contributed by atoms with Crippen LogP contribution in [0.4, 0.5) is 10.1 Å². The SMILES string of the molecule is CCC(C(=O)NCCCc1ccc(C(C)C)cc1)N(c1ccccc1F)S(C)(=O)=O. The summed E-state index contributed by atoms with van der Waals surface area (Å²) in [7, 11) is -3.85. The molecule has 0 fully saturated rings. The molecule has 164 valence electrons. The van der Waals surface area contributed by atoms with Crippen molar-refractivity contribution in [3.8, 4) is 0 Å². The molecule has 30 heavy (non-hydrogen) atoms. The normalized spacial score (nSPS) is 12.6. The molecule has 1 N–H and O–H groups in total. The average Bonchev–Trinajstić information content (AvgIpc) is 2.69. The number of nitrogens with one attached hydrogen (secondary N) is 1. The first-order valence-electron chi connectivity index (χ1n) is 10.3. The van der Waals surface area contributed by atoms with E-state index in [1.807, 2.05) is 0 Å². The van der Waals surface area contributed by atoms with Gasteiger partial charge in [0.2, 0.25) is 15.9 Å². The zero-order chi connectivity index (χ0) is 22.3. The van der Waals surface area contributed by atoms with Crippen LogP contribution in [0.15, 0.2) is 48.5 Å². The van der Waals surface area contributed by atoms with E-state index in [0.717, 1.165) is 23.4 Å². The maximum absolute atomic E-state index is 14.3. The summed E-state index contributed by atoms with van der Waals surface area (Å²) >= 11 is 0. The maximum atomic E-state index is 14.3. The second-order valence-corrected chi connectivity index (χ2v) is 9.58. The fourth-order valence-corrected chi connectivity index (χ4v) is 4.57. The third-order valence-corrected chi connectivity index (χ3v) is 6.17. The predicted octanol–water partition coefficient (Wildman–Crippen LogP) is 4.24. The average molecular weight is 435 g/mol. The minimum atomic E-state index is -3.85. The molecule has 0 saturated heterocycles. The topological polar surface area (TPSA) is 66.5 Å². The van der Waals surface area contributed by atoms with Gasteiger partial charge in [0, 0.05) is 6.54 Å². The highest BCUT2D eigenvalue weighted by Crippen LogP contribution is 2.25. The lowest BCUT2D eigenvalue weighted by atomic mass is 10.0. The largest absolute Gasteiger partial charge is 0.354 e. The highest BCUT2D eigenvalue weighted by molar-refractivity contribution is 7.92. The summed E-state index contributed by atoms with van der Waals surface area (Å²) in [5.41, 5.74) is 2.35. The van der Waals surface area contributed by atoms with Gasteiger partial charge < -0.3 is 5.32 Å². The summed E-state index contributed by atoms with van der Waals surface area (Å²) in [6.07, 6.45) is 2.74. The Balaban J connectivity index is 2.01. The molecule has 5 nitrogen and oxygen atoms in total. The van der Waals surface area contributed by atoms with Crippen molar-refractivity contribution in [1.29, 1.82) is 0 Å². The van der Waals surface area contributed by atoms with Crippen molar-refractivity contribution in [2.24, 2.45) is 0 Å². The second kappa shape index (κ2) is 10.6. The number of carbonyl (C=O) groups is 1. The van der Waals surface area contributed by atoms with Crippen LogP contribution in [0.1, 0.15) is 50.7 Å². The number of benzene rings is 2. The minimum absolute atomic E-state index is 0.118. The number of aryl methyl sites for hydroxylation is 1. The lowest BCUT2D eigenvalue weighted by Crippen LogP contribution is -2.49. The Hall–Kier alpha value is -2.41. The summed E-state index contributed by atoms with van der Waals surface area (Å²) in [4.78, 5) is 12.7. The Bertz CT molecular complexity index is 943. The molecule has 2 aromatic carbocycles. The van der Waals surface area contributed by atoms with Gasteiger partial charge in [-0.2, -0.15) is 0 Å². The molecule has 2 rings (SSSR count). The molecule has 2 aromatic rings. The molecule has 0 aliphatic carbocycles. The molecule has 0 aliphatic heterocycles. The van der Waals surface area contributed by atoms with Gasteiger partial charge in [0.05, 0.1) is 11.9 Å². The second-order valence-electron chi connectivity index (χ2n) is 7.73. The Morgan fingerprint density at radius 3 is 2.27 bits per heavy atom. The van der Waals surface area contributed by atoms with E-state index in [-0.39, 0.29) is 12.1 Å². The van der Waals surface area contributed by atoms with Crippen LogP contribution < -0.4 is 9.62 Å². The summed E-state index contributed by atoms with van der Waals surface area (Å²) < 4.78 is 39.9. The monoisotopic (exact) mass is 434 g/mol. The molecule has 0 heterocycles. The van der Waals surface area contributed by atoms with Crippen molar-refractivity contribution in [2.45, 2.75) is 52.0 Å². The van der Waals surface area contributed by atoms with Crippen molar-refractivity contribution in [1.82, 2.24) is 5.32 Å². The number of sulfonamides is 1. The molecule has 1 unspecified atom stereocenters. The molecule has 1 amide bonds. The molecule has 0 saturated carbocycles. The van der Waals surface area contributed by atoms with E-state index < -0.39 is 27.8 Å². The van der Waals surface area contributed by atoms with Gasteiger partial charge in [-0.3, -0.25) is 9.10 Å². The predicted molar refractivity (Wildman–Crippen MR) is 120 cm³/mol. The fourth-order valence-electron chi connectivity index (χ4n) is 3.36. The third kappa shape index (κ3) is 6.29. The minimum Gasteiger partial charge on any atom is -0.354 e. The van der Waals surface area contributed by atoms with E-state index in [2.05, 4.69) is 43.4 Å². The van der Waals surface area contributed by atoms with Crippen LogP contribution in [0.3, 0.4) is 0 Å². The lowest BCUT2D eigenvalue weighted by molar-refractivity contribution is -0.122. The lowest BCUT2D eigenvalue weighted by Gasteiger charge is -2.30. The Kier molecular flexibility index (Phi) is 8.41. The van der Waals surface area contributed by atoms with Crippen LogP contribution in [0.5, 0.6) is 0 Å². The van der Waals surface area contributed by atoms with E-state index >= 15 is 0 Å². The number of halogens is 1. The molecule has 0 radical (unpaired) electrons. The number of carbonyl (C=O) groups excluding carboxylic acids is 1. The van der Waals surface area contributed by atoms with Gasteiger partial charge in [-0.05, 0) is 48.4 Å². The number of amides is 1. The van der Waals surface area contributed by atoms with Crippen molar-refractivity contribution >= 4 is 21.6 Å². The van der Waals surface area contributed by atoms with Crippen LogP contribution >= 0.6 is 0 Å². The van der Waals surface area contributed by atoms with E-state index in [4.69, 9.17) is 0 Å². The van der Waals surface area contributed by atoms with Gasteiger partial charge in [0.15, 0.2) is 0 Å². The van der Waals surface area contributed by atoms with Crippen LogP contribution in [-0.2, 0) is 21.2 Å². The van der Waals surface area contributed by atoms with Gasteiger partial charge in [0.1, 0.15) is 11.9 Å². The van der Waals surface area contributed by atoms with Crippen LogP contribution in [0.25, 0.3) is 0 Å². The molecule has 1 atom stereocenters. The highest BCUT2D eigenvalue weighted by Gasteiger charge is 2.32. The quantitative estimate of drug-likeness (QED) is 0.569. The number of para-hydroxylation sites is 1. The Morgan fingerprint density at radius 1 is 1.10 bits per heavy atom. The van der Waals surface area contributed by atoms with E-state index in [1.165, 1.54) is 29.3 Å². The first kappa shape index (κ1) is 23.9. The van der Waals surface area contributed by atoms with Gasteiger partial charge in [-0.15, -0.1) is 0 Å². The van der Waals surface area contributed by atoms with Gasteiger partial charge in [-0.25, -0.2) is 12.8 Å². The fraction of sp³-hybridized carbons (Fsp3) is 0.435. The first-order chi connectivity index (χ1) is 14.1. The van der Waals surface area contributed by atoms with Crippen LogP contribution in [0.2, 0.25) is 0 Å². The van der Waals surface area contributed by atoms with E-state index in [0.29, 0.717) is 12.5 Å². The van der Waals surface area contributed by atoms with Gasteiger partial charge >= 0.3 is 0 Å². The summed E-state index contributed by atoms with van der Waals surface area (Å²) in [6, 6.07) is 13.0. The number of hydrogen-bond acceptors (Lipinski definition) is 3. The number of hydrogen-bond donors (Lipinski definition) is 1. The number of rotatable bonds is 10. The summed E-state index contributed by atoms with van der Waals surface area (Å²) in [5.74, 6) is -0.628. The van der Waals surface area contributed by atoms with Crippen molar-refractivity contribution in [2.75, 3.05) is 17.1 Å². The van der Waals surface area contributed by atoms with Crippen molar-refractivity contribution in [3.05, 3.63) is 65.5 Å². The summed E-state index contributed by atoms with van der Waals surface area (Å²) in [6.45, 7) is 6.42. The molecular weight excluding hydrogens is 403 g/mol. The number of anilines is 1. The molecule has 0 bridgehead atoms. The molecule has 0 aromatic heterocycles. The standard InChI is InChI=1S/C23H31FN2O3S/c1-5-21(26(30(4,28)29)22-11-7-6-10-20(22)24)23(27)25-16-8-9-18-12-14-19(15-13-18)17(2)3/h6-7,10-15,17,21H,5,8-9,16H2,1-4H3,(H,25,27). The highest BCUT2D eigenvalue weighted by atomic mass is 32.2. The maximum Gasteiger partial charge on any atom is 0.243 e. The molecular formula is C23H31FN2O3S. The van der Waals surface area contributed by atoms with Gasteiger partial charge in [0.25, 0.3) is 0 Å². The van der Waals surface area contributed by atoms with Gasteiger partial charge in [-0.1, -0.05) is 57.2 Å². The van der Waals surface area contributed by atoms with Crippen molar-refractivity contribution < 1.29 is 17.6 Å². The van der Waals surface area contributed by atoms with Crippen LogP contribution in [0, 0.1) is 5.82 Å².